The smallest absolute Gasteiger partial charge is 0.148 e. The second kappa shape index (κ2) is 4.49. The van der Waals surface area contributed by atoms with E-state index in [1.54, 1.807) is 0 Å². The normalized spacial score (nSPS) is 10.5. The third kappa shape index (κ3) is 2.41. The summed E-state index contributed by atoms with van der Waals surface area (Å²) in [7, 11) is 1.94. The molecule has 0 unspecified atom stereocenters. The zero-order chi connectivity index (χ0) is 12.4. The molecule has 17 heavy (non-hydrogen) atoms. The Labute approximate surface area is 101 Å². The second-order valence-corrected chi connectivity index (χ2v) is 4.28. The summed E-state index contributed by atoms with van der Waals surface area (Å²) in [6.07, 6.45) is 0. The lowest BCUT2D eigenvalue weighted by Gasteiger charge is -2.08. The highest BCUT2D eigenvalue weighted by Gasteiger charge is 2.03. The molecule has 2 rings (SSSR count). The topological polar surface area (TPSA) is 55.9 Å². The first-order valence-electron chi connectivity index (χ1n) is 5.66. The number of rotatable bonds is 3. The first kappa shape index (κ1) is 11.5. The van der Waals surface area contributed by atoms with Crippen LogP contribution in [0.4, 0.5) is 11.5 Å². The zero-order valence-electron chi connectivity index (χ0n) is 10.5. The standard InChI is InChI=1S/C13H18N4/c1-9-7-13(16-17(9)3)15-8-11-5-4-6-12(14)10(11)2/h4-7H,8,14H2,1-3H3,(H,15,16). The van der Waals surface area contributed by atoms with Crippen LogP contribution in [0.3, 0.4) is 0 Å². The van der Waals surface area contributed by atoms with E-state index >= 15 is 0 Å². The minimum Gasteiger partial charge on any atom is -0.399 e. The first-order chi connectivity index (χ1) is 8.08. The minimum absolute atomic E-state index is 0.743. The zero-order valence-corrected chi connectivity index (χ0v) is 10.5. The average Bonchev–Trinajstić information content (AvgIpc) is 2.61. The molecule has 4 nitrogen and oxygen atoms in total. The van der Waals surface area contributed by atoms with E-state index in [4.69, 9.17) is 5.73 Å². The Morgan fingerprint density at radius 3 is 2.76 bits per heavy atom. The number of aryl methyl sites for hydroxylation is 2. The molecule has 0 saturated carbocycles. The van der Waals surface area contributed by atoms with Gasteiger partial charge in [-0.05, 0) is 31.0 Å². The van der Waals surface area contributed by atoms with Crippen LogP contribution >= 0.6 is 0 Å². The predicted molar refractivity (Wildman–Crippen MR) is 70.9 cm³/mol. The summed E-state index contributed by atoms with van der Waals surface area (Å²) in [5.74, 6) is 0.895. The molecule has 0 amide bonds. The third-order valence-electron chi connectivity index (χ3n) is 3.06. The molecule has 0 radical (unpaired) electrons. The molecule has 90 valence electrons. The molecular formula is C13H18N4. The van der Waals surface area contributed by atoms with Crippen LogP contribution in [-0.2, 0) is 13.6 Å². The van der Waals surface area contributed by atoms with Crippen molar-refractivity contribution in [1.29, 1.82) is 0 Å². The summed E-state index contributed by atoms with van der Waals surface area (Å²) < 4.78 is 1.86. The third-order valence-corrected chi connectivity index (χ3v) is 3.06. The SMILES string of the molecule is Cc1c(N)cccc1CNc1cc(C)n(C)n1. The molecule has 0 atom stereocenters. The fourth-order valence-corrected chi connectivity index (χ4v) is 1.73. The van der Waals surface area contributed by atoms with Crippen molar-refractivity contribution in [2.24, 2.45) is 7.05 Å². The van der Waals surface area contributed by atoms with Crippen LogP contribution < -0.4 is 11.1 Å². The van der Waals surface area contributed by atoms with Crippen LogP contribution in [-0.4, -0.2) is 9.78 Å². The largest absolute Gasteiger partial charge is 0.399 e. The van der Waals surface area contributed by atoms with Gasteiger partial charge in [-0.15, -0.1) is 0 Å². The fourth-order valence-electron chi connectivity index (χ4n) is 1.73. The van der Waals surface area contributed by atoms with Gasteiger partial charge in [0.25, 0.3) is 0 Å². The molecule has 0 bridgehead atoms. The van der Waals surface area contributed by atoms with E-state index in [0.29, 0.717) is 0 Å². The van der Waals surface area contributed by atoms with Gasteiger partial charge in [-0.25, -0.2) is 0 Å². The molecule has 0 aliphatic rings. The van der Waals surface area contributed by atoms with Gasteiger partial charge in [-0.2, -0.15) is 5.10 Å². The van der Waals surface area contributed by atoms with Crippen molar-refractivity contribution in [3.63, 3.8) is 0 Å². The quantitative estimate of drug-likeness (QED) is 0.795. The van der Waals surface area contributed by atoms with Crippen molar-refractivity contribution in [2.45, 2.75) is 20.4 Å². The maximum atomic E-state index is 5.87. The van der Waals surface area contributed by atoms with Crippen molar-refractivity contribution in [1.82, 2.24) is 9.78 Å². The van der Waals surface area contributed by atoms with Crippen LogP contribution in [0.25, 0.3) is 0 Å². The highest BCUT2D eigenvalue weighted by Crippen LogP contribution is 2.17. The molecular weight excluding hydrogens is 212 g/mol. The average molecular weight is 230 g/mol. The van der Waals surface area contributed by atoms with Crippen molar-refractivity contribution in [3.05, 3.63) is 41.1 Å². The first-order valence-corrected chi connectivity index (χ1v) is 5.66. The molecule has 4 heteroatoms. The number of nitrogens with zero attached hydrogens (tertiary/aromatic N) is 2. The second-order valence-electron chi connectivity index (χ2n) is 4.28. The molecule has 1 aromatic carbocycles. The lowest BCUT2D eigenvalue weighted by molar-refractivity contribution is 0.741. The lowest BCUT2D eigenvalue weighted by Crippen LogP contribution is -2.04. The Balaban J connectivity index is 2.10. The van der Waals surface area contributed by atoms with E-state index in [1.165, 1.54) is 5.56 Å². The Kier molecular flexibility index (Phi) is 3.04. The Hall–Kier alpha value is -1.97. The number of aromatic nitrogens is 2. The summed E-state index contributed by atoms with van der Waals surface area (Å²) in [5.41, 5.74) is 10.2. The lowest BCUT2D eigenvalue weighted by atomic mass is 10.1. The molecule has 0 saturated heterocycles. The van der Waals surface area contributed by atoms with Crippen molar-refractivity contribution < 1.29 is 0 Å². The van der Waals surface area contributed by atoms with Gasteiger partial charge in [0.2, 0.25) is 0 Å². The number of nitrogens with two attached hydrogens (primary N) is 1. The van der Waals surface area contributed by atoms with E-state index < -0.39 is 0 Å². The van der Waals surface area contributed by atoms with Crippen molar-refractivity contribution in [3.8, 4) is 0 Å². The summed E-state index contributed by atoms with van der Waals surface area (Å²) >= 11 is 0. The molecule has 3 N–H and O–H groups in total. The Morgan fingerprint density at radius 2 is 2.12 bits per heavy atom. The minimum atomic E-state index is 0.743. The van der Waals surface area contributed by atoms with Crippen molar-refractivity contribution >= 4 is 11.5 Å². The van der Waals surface area contributed by atoms with E-state index in [2.05, 4.69) is 16.5 Å². The number of anilines is 2. The van der Waals surface area contributed by atoms with Gasteiger partial charge in [0.1, 0.15) is 5.82 Å². The number of nitrogen functional groups attached to an aromatic ring is 1. The molecule has 0 aliphatic carbocycles. The van der Waals surface area contributed by atoms with E-state index in [0.717, 1.165) is 29.3 Å². The summed E-state index contributed by atoms with van der Waals surface area (Å²) in [6, 6.07) is 8.00. The van der Waals surface area contributed by atoms with Crippen LogP contribution in [0.15, 0.2) is 24.3 Å². The predicted octanol–water partition coefficient (Wildman–Crippen LogP) is 2.23. The van der Waals surface area contributed by atoms with E-state index in [-0.39, 0.29) is 0 Å². The molecule has 1 heterocycles. The van der Waals surface area contributed by atoms with Gasteiger partial charge >= 0.3 is 0 Å². The van der Waals surface area contributed by atoms with Crippen LogP contribution in [0.1, 0.15) is 16.8 Å². The van der Waals surface area contributed by atoms with E-state index in [9.17, 15) is 0 Å². The summed E-state index contributed by atoms with van der Waals surface area (Å²) in [4.78, 5) is 0. The summed E-state index contributed by atoms with van der Waals surface area (Å²) in [5, 5.41) is 7.65. The van der Waals surface area contributed by atoms with Crippen LogP contribution in [0.2, 0.25) is 0 Å². The Morgan fingerprint density at radius 1 is 1.35 bits per heavy atom. The van der Waals surface area contributed by atoms with Gasteiger partial charge in [-0.3, -0.25) is 4.68 Å². The number of hydrogen-bond acceptors (Lipinski definition) is 3. The number of nitrogens with one attached hydrogen (secondary N) is 1. The maximum Gasteiger partial charge on any atom is 0.148 e. The van der Waals surface area contributed by atoms with Gasteiger partial charge < -0.3 is 11.1 Å². The molecule has 0 spiro atoms. The number of benzene rings is 1. The highest BCUT2D eigenvalue weighted by atomic mass is 15.3. The van der Waals surface area contributed by atoms with E-state index in [1.807, 2.05) is 43.8 Å². The van der Waals surface area contributed by atoms with Crippen LogP contribution in [0, 0.1) is 13.8 Å². The fraction of sp³-hybridized carbons (Fsp3) is 0.308. The van der Waals surface area contributed by atoms with Gasteiger partial charge in [-0.1, -0.05) is 12.1 Å². The Bertz CT molecular complexity index is 509. The summed E-state index contributed by atoms with van der Waals surface area (Å²) in [6.45, 7) is 4.81. The molecule has 2 aromatic rings. The number of hydrogen-bond donors (Lipinski definition) is 2. The maximum absolute atomic E-state index is 5.87. The van der Waals surface area contributed by atoms with Gasteiger partial charge in [0.15, 0.2) is 0 Å². The van der Waals surface area contributed by atoms with Crippen molar-refractivity contribution in [2.75, 3.05) is 11.1 Å². The molecule has 0 aliphatic heterocycles. The molecule has 1 aromatic heterocycles. The van der Waals surface area contributed by atoms with Gasteiger partial charge in [0.05, 0.1) is 0 Å². The van der Waals surface area contributed by atoms with Crippen LogP contribution in [0.5, 0.6) is 0 Å². The molecule has 0 fully saturated rings. The highest BCUT2D eigenvalue weighted by molar-refractivity contribution is 5.51. The van der Waals surface area contributed by atoms with Gasteiger partial charge in [0, 0.05) is 31.0 Å². The monoisotopic (exact) mass is 230 g/mol.